The molecule has 2 aromatic rings. The van der Waals surface area contributed by atoms with E-state index in [9.17, 15) is 4.79 Å². The van der Waals surface area contributed by atoms with Gasteiger partial charge in [-0.2, -0.15) is 0 Å². The number of likely N-dealkylation sites (tertiary alicyclic amines) is 1. The average molecular weight is 310 g/mol. The van der Waals surface area contributed by atoms with Crippen molar-refractivity contribution in [3.8, 4) is 5.75 Å². The summed E-state index contributed by atoms with van der Waals surface area (Å²) in [7, 11) is 1.71. The number of nitrogens with zero attached hydrogens (tertiary/aromatic N) is 2. The number of aromatic nitrogens is 1. The van der Waals surface area contributed by atoms with Crippen molar-refractivity contribution in [3.05, 3.63) is 59.9 Å². The van der Waals surface area contributed by atoms with Gasteiger partial charge in [-0.05, 0) is 42.0 Å². The summed E-state index contributed by atoms with van der Waals surface area (Å²) in [4.78, 5) is 18.4. The molecule has 1 aromatic heterocycles. The third-order valence-corrected chi connectivity index (χ3v) is 4.50. The Kier molecular flexibility index (Phi) is 4.91. The smallest absolute Gasteiger partial charge is 0.227 e. The molecule has 0 N–H and O–H groups in total. The molecule has 120 valence electrons. The van der Waals surface area contributed by atoms with Crippen molar-refractivity contribution in [2.75, 3.05) is 20.2 Å². The summed E-state index contributed by atoms with van der Waals surface area (Å²) >= 11 is 0. The number of para-hydroxylation sites is 1. The largest absolute Gasteiger partial charge is 0.496 e. The molecule has 1 saturated heterocycles. The predicted molar refractivity (Wildman–Crippen MR) is 89.5 cm³/mol. The molecule has 1 aliphatic rings. The van der Waals surface area contributed by atoms with Gasteiger partial charge in [0.05, 0.1) is 13.5 Å². The molecule has 0 aliphatic carbocycles. The standard InChI is InChI=1S/C19H22N2O2/c1-23-18-7-3-2-6-17(18)16-8-11-21(12-9-16)19(22)13-15-5-4-10-20-14-15/h2-7,10,14,16H,8-9,11-13H2,1H3. The van der Waals surface area contributed by atoms with Gasteiger partial charge in [0.2, 0.25) is 5.91 Å². The van der Waals surface area contributed by atoms with E-state index in [1.54, 1.807) is 19.5 Å². The van der Waals surface area contributed by atoms with E-state index >= 15 is 0 Å². The minimum atomic E-state index is 0.191. The van der Waals surface area contributed by atoms with Gasteiger partial charge in [-0.3, -0.25) is 9.78 Å². The third-order valence-electron chi connectivity index (χ3n) is 4.50. The highest BCUT2D eigenvalue weighted by Gasteiger charge is 2.25. The van der Waals surface area contributed by atoms with E-state index in [2.05, 4.69) is 17.1 Å². The lowest BCUT2D eigenvalue weighted by atomic mass is 9.88. The second-order valence-corrected chi connectivity index (χ2v) is 5.94. The van der Waals surface area contributed by atoms with Crippen molar-refractivity contribution in [2.45, 2.75) is 25.2 Å². The number of rotatable bonds is 4. The van der Waals surface area contributed by atoms with Gasteiger partial charge in [0, 0.05) is 25.5 Å². The average Bonchev–Trinajstić information content (AvgIpc) is 2.62. The minimum Gasteiger partial charge on any atom is -0.496 e. The van der Waals surface area contributed by atoms with E-state index in [1.165, 1.54) is 5.56 Å². The maximum atomic E-state index is 12.4. The Morgan fingerprint density at radius 1 is 1.22 bits per heavy atom. The highest BCUT2D eigenvalue weighted by atomic mass is 16.5. The van der Waals surface area contributed by atoms with Crippen LogP contribution in [-0.2, 0) is 11.2 Å². The van der Waals surface area contributed by atoms with Gasteiger partial charge < -0.3 is 9.64 Å². The van der Waals surface area contributed by atoms with Crippen LogP contribution >= 0.6 is 0 Å². The van der Waals surface area contributed by atoms with E-state index in [0.29, 0.717) is 12.3 Å². The molecular formula is C19H22N2O2. The molecule has 0 bridgehead atoms. The van der Waals surface area contributed by atoms with Crippen molar-refractivity contribution in [2.24, 2.45) is 0 Å². The Labute approximate surface area is 137 Å². The fourth-order valence-corrected chi connectivity index (χ4v) is 3.23. The predicted octanol–water partition coefficient (Wildman–Crippen LogP) is 3.04. The number of amides is 1. The molecule has 1 aromatic carbocycles. The van der Waals surface area contributed by atoms with Crippen LogP contribution in [0.15, 0.2) is 48.8 Å². The molecule has 2 heterocycles. The first-order valence-corrected chi connectivity index (χ1v) is 8.07. The van der Waals surface area contributed by atoms with Crippen LogP contribution in [-0.4, -0.2) is 36.0 Å². The first-order chi connectivity index (χ1) is 11.3. The molecule has 1 amide bonds. The summed E-state index contributed by atoms with van der Waals surface area (Å²) in [5.41, 5.74) is 2.23. The molecule has 1 fully saturated rings. The van der Waals surface area contributed by atoms with Crippen molar-refractivity contribution in [3.63, 3.8) is 0 Å². The van der Waals surface area contributed by atoms with Gasteiger partial charge in [-0.25, -0.2) is 0 Å². The van der Waals surface area contributed by atoms with E-state index in [0.717, 1.165) is 37.2 Å². The molecule has 4 heteroatoms. The zero-order valence-corrected chi connectivity index (χ0v) is 13.4. The van der Waals surface area contributed by atoms with Crippen molar-refractivity contribution in [1.29, 1.82) is 0 Å². The molecule has 0 saturated carbocycles. The van der Waals surface area contributed by atoms with Crippen LogP contribution in [0.3, 0.4) is 0 Å². The van der Waals surface area contributed by atoms with Crippen molar-refractivity contribution in [1.82, 2.24) is 9.88 Å². The summed E-state index contributed by atoms with van der Waals surface area (Å²) in [6.07, 6.45) is 5.90. The Morgan fingerprint density at radius 2 is 2.00 bits per heavy atom. The zero-order chi connectivity index (χ0) is 16.1. The molecule has 4 nitrogen and oxygen atoms in total. The fourth-order valence-electron chi connectivity index (χ4n) is 3.23. The second kappa shape index (κ2) is 7.27. The molecule has 23 heavy (non-hydrogen) atoms. The van der Waals surface area contributed by atoms with E-state index < -0.39 is 0 Å². The Morgan fingerprint density at radius 3 is 2.70 bits per heavy atom. The molecule has 0 radical (unpaired) electrons. The third kappa shape index (κ3) is 3.70. The van der Waals surface area contributed by atoms with Crippen LogP contribution in [0.1, 0.15) is 29.9 Å². The fraction of sp³-hybridized carbons (Fsp3) is 0.368. The zero-order valence-electron chi connectivity index (χ0n) is 13.4. The number of carbonyl (C=O) groups excluding carboxylic acids is 1. The molecular weight excluding hydrogens is 288 g/mol. The SMILES string of the molecule is COc1ccccc1C1CCN(C(=O)Cc2cccnc2)CC1. The lowest BCUT2D eigenvalue weighted by molar-refractivity contribution is -0.131. The van der Waals surface area contributed by atoms with Crippen LogP contribution in [0.4, 0.5) is 0 Å². The second-order valence-electron chi connectivity index (χ2n) is 5.94. The van der Waals surface area contributed by atoms with Crippen LogP contribution in [0.2, 0.25) is 0 Å². The van der Waals surface area contributed by atoms with Gasteiger partial charge in [-0.1, -0.05) is 24.3 Å². The summed E-state index contributed by atoms with van der Waals surface area (Å²) in [5.74, 6) is 1.61. The number of carbonyl (C=O) groups is 1. The van der Waals surface area contributed by atoms with E-state index in [-0.39, 0.29) is 5.91 Å². The van der Waals surface area contributed by atoms with E-state index in [4.69, 9.17) is 4.74 Å². The summed E-state index contributed by atoms with van der Waals surface area (Å²) in [6.45, 7) is 1.61. The van der Waals surface area contributed by atoms with Gasteiger partial charge in [0.25, 0.3) is 0 Å². The summed E-state index contributed by atoms with van der Waals surface area (Å²) < 4.78 is 5.46. The molecule has 3 rings (SSSR count). The minimum absolute atomic E-state index is 0.191. The first-order valence-electron chi connectivity index (χ1n) is 8.07. The number of benzene rings is 1. The van der Waals surface area contributed by atoms with Gasteiger partial charge in [-0.15, -0.1) is 0 Å². The Balaban J connectivity index is 1.59. The summed E-state index contributed by atoms with van der Waals surface area (Å²) in [5, 5.41) is 0. The highest BCUT2D eigenvalue weighted by Crippen LogP contribution is 2.34. The molecule has 0 spiro atoms. The number of piperidine rings is 1. The van der Waals surface area contributed by atoms with Crippen LogP contribution in [0.5, 0.6) is 5.75 Å². The molecule has 0 atom stereocenters. The quantitative estimate of drug-likeness (QED) is 0.871. The number of hydrogen-bond donors (Lipinski definition) is 0. The Bertz CT molecular complexity index is 649. The van der Waals surface area contributed by atoms with Crippen LogP contribution < -0.4 is 4.74 Å². The number of methoxy groups -OCH3 is 1. The van der Waals surface area contributed by atoms with Crippen LogP contribution in [0, 0.1) is 0 Å². The van der Waals surface area contributed by atoms with Crippen molar-refractivity contribution >= 4 is 5.91 Å². The van der Waals surface area contributed by atoms with E-state index in [1.807, 2.05) is 29.2 Å². The number of pyridine rings is 1. The monoisotopic (exact) mass is 310 g/mol. The maximum absolute atomic E-state index is 12.4. The van der Waals surface area contributed by atoms with Gasteiger partial charge in [0.1, 0.15) is 5.75 Å². The van der Waals surface area contributed by atoms with Crippen molar-refractivity contribution < 1.29 is 9.53 Å². The number of ether oxygens (including phenoxy) is 1. The molecule has 1 aliphatic heterocycles. The maximum Gasteiger partial charge on any atom is 0.227 e. The summed E-state index contributed by atoms with van der Waals surface area (Å²) in [6, 6.07) is 12.0. The number of hydrogen-bond acceptors (Lipinski definition) is 3. The highest BCUT2D eigenvalue weighted by molar-refractivity contribution is 5.78. The van der Waals surface area contributed by atoms with Crippen LogP contribution in [0.25, 0.3) is 0 Å². The lowest BCUT2D eigenvalue weighted by Crippen LogP contribution is -2.38. The lowest BCUT2D eigenvalue weighted by Gasteiger charge is -2.32. The Hall–Kier alpha value is -2.36. The molecule has 0 unspecified atom stereocenters. The topological polar surface area (TPSA) is 42.4 Å². The normalized spacial score (nSPS) is 15.4. The van der Waals surface area contributed by atoms with Gasteiger partial charge in [0.15, 0.2) is 0 Å². The van der Waals surface area contributed by atoms with Gasteiger partial charge >= 0.3 is 0 Å². The first kappa shape index (κ1) is 15.5.